The van der Waals surface area contributed by atoms with Crippen LogP contribution in [-0.2, 0) is 9.53 Å². The summed E-state index contributed by atoms with van der Waals surface area (Å²) < 4.78 is 5.64. The number of ether oxygens (including phenoxy) is 1. The lowest BCUT2D eigenvalue weighted by Crippen LogP contribution is -2.50. The van der Waals surface area contributed by atoms with Crippen LogP contribution in [-0.4, -0.2) is 12.1 Å². The Morgan fingerprint density at radius 1 is 1.12 bits per heavy atom. The normalized spacial score (nSPS) is 42.0. The molecule has 4 rings (SSSR count). The van der Waals surface area contributed by atoms with E-state index in [1.807, 2.05) is 5.57 Å². The van der Waals surface area contributed by atoms with Crippen LogP contribution in [0.25, 0.3) is 0 Å². The summed E-state index contributed by atoms with van der Waals surface area (Å²) in [5, 5.41) is 0. The van der Waals surface area contributed by atoms with E-state index in [0.29, 0.717) is 28.6 Å². The highest BCUT2D eigenvalue weighted by Gasteiger charge is 2.58. The van der Waals surface area contributed by atoms with Gasteiger partial charge in [-0.15, -0.1) is 0 Å². The zero-order valence-corrected chi connectivity index (χ0v) is 22.2. The van der Waals surface area contributed by atoms with Crippen molar-refractivity contribution in [1.82, 2.24) is 0 Å². The molecule has 4 aliphatic carbocycles. The SMILES string of the molecule is C=C(C)C(/C=C/C(C)[C@H]1CC[C@H]2C3=CCC4CC(OC(C)=O)CC[C@]4(C)[C@H]3CC[C@]12C)CC. The first-order valence-corrected chi connectivity index (χ1v) is 13.8. The van der Waals surface area contributed by atoms with Gasteiger partial charge in [0.25, 0.3) is 0 Å². The Morgan fingerprint density at radius 3 is 2.48 bits per heavy atom. The average Bonchev–Trinajstić information content (AvgIpc) is 3.11. The van der Waals surface area contributed by atoms with Gasteiger partial charge in [-0.25, -0.2) is 0 Å². The highest BCUT2D eigenvalue weighted by atomic mass is 16.5. The lowest BCUT2D eigenvalue weighted by molar-refractivity contribution is -0.152. The number of carbonyl (C=O) groups excluding carboxylic acids is 1. The average molecular weight is 453 g/mol. The summed E-state index contributed by atoms with van der Waals surface area (Å²) in [5.74, 6) is 4.01. The minimum atomic E-state index is -0.113. The molecule has 0 aliphatic heterocycles. The van der Waals surface area contributed by atoms with Crippen LogP contribution < -0.4 is 0 Å². The van der Waals surface area contributed by atoms with Gasteiger partial charge in [0.15, 0.2) is 0 Å². The minimum Gasteiger partial charge on any atom is -0.463 e. The number of rotatable bonds is 6. The highest BCUT2D eigenvalue weighted by molar-refractivity contribution is 5.66. The maximum atomic E-state index is 11.5. The van der Waals surface area contributed by atoms with Gasteiger partial charge in [0.05, 0.1) is 0 Å². The quantitative estimate of drug-likeness (QED) is 0.299. The molecule has 0 saturated heterocycles. The summed E-state index contributed by atoms with van der Waals surface area (Å²) in [6, 6.07) is 0. The Balaban J connectivity index is 1.51. The van der Waals surface area contributed by atoms with E-state index >= 15 is 0 Å². The van der Waals surface area contributed by atoms with Gasteiger partial charge in [0.1, 0.15) is 6.10 Å². The van der Waals surface area contributed by atoms with Crippen molar-refractivity contribution in [2.45, 2.75) is 105 Å². The molecule has 4 unspecified atom stereocenters. The predicted octanol–water partition coefficient (Wildman–Crippen LogP) is 8.29. The zero-order chi connectivity index (χ0) is 24.0. The second-order valence-corrected chi connectivity index (χ2v) is 12.6. The van der Waals surface area contributed by atoms with E-state index < -0.39 is 0 Å². The summed E-state index contributed by atoms with van der Waals surface area (Å²) in [4.78, 5) is 11.5. The van der Waals surface area contributed by atoms with Gasteiger partial charge in [-0.2, -0.15) is 0 Å². The number of hydrogen-bond acceptors (Lipinski definition) is 2. The molecule has 0 aromatic heterocycles. The molecule has 2 nitrogen and oxygen atoms in total. The Bertz CT molecular complexity index is 821. The number of allylic oxidation sites excluding steroid dienone is 5. The predicted molar refractivity (Wildman–Crippen MR) is 138 cm³/mol. The van der Waals surface area contributed by atoms with Crippen molar-refractivity contribution >= 4 is 5.97 Å². The molecule has 33 heavy (non-hydrogen) atoms. The number of fused-ring (bicyclic) bond motifs is 5. The molecule has 0 spiro atoms. The van der Waals surface area contributed by atoms with Crippen molar-refractivity contribution in [3.63, 3.8) is 0 Å². The Labute approximate surface area is 203 Å². The van der Waals surface area contributed by atoms with Gasteiger partial charge < -0.3 is 4.74 Å². The molecule has 9 atom stereocenters. The topological polar surface area (TPSA) is 26.3 Å². The van der Waals surface area contributed by atoms with Gasteiger partial charge in [-0.05, 0) is 111 Å². The van der Waals surface area contributed by atoms with Crippen molar-refractivity contribution < 1.29 is 9.53 Å². The second kappa shape index (κ2) is 9.38. The lowest BCUT2D eigenvalue weighted by atomic mass is 9.47. The van der Waals surface area contributed by atoms with E-state index in [4.69, 9.17) is 4.74 Å². The highest BCUT2D eigenvalue weighted by Crippen LogP contribution is 2.66. The zero-order valence-electron chi connectivity index (χ0n) is 22.2. The maximum absolute atomic E-state index is 11.5. The summed E-state index contributed by atoms with van der Waals surface area (Å²) >= 11 is 0. The van der Waals surface area contributed by atoms with Crippen molar-refractivity contribution in [3.05, 3.63) is 36.0 Å². The van der Waals surface area contributed by atoms with Crippen LogP contribution in [0, 0.1) is 46.3 Å². The van der Waals surface area contributed by atoms with E-state index in [1.54, 1.807) is 6.92 Å². The van der Waals surface area contributed by atoms with Crippen molar-refractivity contribution in [1.29, 1.82) is 0 Å². The van der Waals surface area contributed by atoms with Gasteiger partial charge in [0.2, 0.25) is 0 Å². The van der Waals surface area contributed by atoms with Crippen LogP contribution in [0.2, 0.25) is 0 Å². The smallest absolute Gasteiger partial charge is 0.302 e. The van der Waals surface area contributed by atoms with Gasteiger partial charge >= 0.3 is 5.97 Å². The second-order valence-electron chi connectivity index (χ2n) is 12.6. The molecule has 0 N–H and O–H groups in total. The Morgan fingerprint density at radius 2 is 1.82 bits per heavy atom. The first-order chi connectivity index (χ1) is 15.6. The summed E-state index contributed by atoms with van der Waals surface area (Å²) in [7, 11) is 0. The van der Waals surface area contributed by atoms with Crippen LogP contribution in [0.15, 0.2) is 36.0 Å². The van der Waals surface area contributed by atoms with E-state index in [9.17, 15) is 4.79 Å². The van der Waals surface area contributed by atoms with Crippen molar-refractivity contribution in [2.24, 2.45) is 46.3 Å². The third kappa shape index (κ3) is 4.41. The molecule has 0 bridgehead atoms. The summed E-state index contributed by atoms with van der Waals surface area (Å²) in [6.07, 6.45) is 18.9. The molecule has 184 valence electrons. The third-order valence-corrected chi connectivity index (χ3v) is 10.8. The summed E-state index contributed by atoms with van der Waals surface area (Å²) in [5.41, 5.74) is 3.94. The maximum Gasteiger partial charge on any atom is 0.302 e. The van der Waals surface area contributed by atoms with Crippen molar-refractivity contribution in [2.75, 3.05) is 0 Å². The van der Waals surface area contributed by atoms with E-state index in [2.05, 4.69) is 59.4 Å². The third-order valence-electron chi connectivity index (χ3n) is 10.8. The van der Waals surface area contributed by atoms with Crippen LogP contribution in [0.1, 0.15) is 99.3 Å². The number of hydrogen-bond donors (Lipinski definition) is 0. The molecule has 0 aromatic rings. The minimum absolute atomic E-state index is 0.113. The molecule has 0 aromatic carbocycles. The fourth-order valence-electron chi connectivity index (χ4n) is 8.81. The first-order valence-electron chi connectivity index (χ1n) is 13.8. The van der Waals surface area contributed by atoms with E-state index in [0.717, 1.165) is 37.0 Å². The van der Waals surface area contributed by atoms with Gasteiger partial charge in [0, 0.05) is 6.92 Å². The molecule has 2 heteroatoms. The Hall–Kier alpha value is -1.31. The van der Waals surface area contributed by atoms with Crippen LogP contribution >= 0.6 is 0 Å². The van der Waals surface area contributed by atoms with Crippen LogP contribution in [0.5, 0.6) is 0 Å². The molecular weight excluding hydrogens is 404 g/mol. The lowest BCUT2D eigenvalue weighted by Gasteiger charge is -2.58. The van der Waals surface area contributed by atoms with E-state index in [-0.39, 0.29) is 12.1 Å². The standard InChI is InChI=1S/C31H48O2/c1-8-23(20(2)3)10-9-21(4)27-13-14-28-26-12-11-24-19-25(33-22(5)32)15-17-30(24,6)29(26)16-18-31(27,28)7/h9-10,12,21,23-25,27-29H,2,8,11,13-19H2,1,3-7H3/b10-9+/t21?,23?,24?,25?,27-,28+,29+,30+,31-/m1/s1. The fraction of sp³-hybridized carbons (Fsp3) is 0.774. The van der Waals surface area contributed by atoms with Crippen LogP contribution in [0.4, 0.5) is 0 Å². The molecule has 0 radical (unpaired) electrons. The van der Waals surface area contributed by atoms with Crippen LogP contribution in [0.3, 0.4) is 0 Å². The Kier molecular flexibility index (Phi) is 7.05. The monoisotopic (exact) mass is 452 g/mol. The number of esters is 1. The van der Waals surface area contributed by atoms with Gasteiger partial charge in [-0.3, -0.25) is 4.79 Å². The molecule has 3 fully saturated rings. The molecule has 0 heterocycles. The van der Waals surface area contributed by atoms with E-state index in [1.165, 1.54) is 44.1 Å². The molecular formula is C31H48O2. The van der Waals surface area contributed by atoms with Crippen molar-refractivity contribution in [3.8, 4) is 0 Å². The number of carbonyl (C=O) groups is 1. The molecule has 3 saturated carbocycles. The largest absolute Gasteiger partial charge is 0.463 e. The fourth-order valence-corrected chi connectivity index (χ4v) is 8.81. The first kappa shape index (κ1) is 24.8. The van der Waals surface area contributed by atoms with Gasteiger partial charge in [-0.1, -0.05) is 63.6 Å². The summed E-state index contributed by atoms with van der Waals surface area (Å²) in [6.45, 7) is 17.9. The molecule has 0 amide bonds. The molecule has 4 aliphatic rings.